The molecule has 0 atom stereocenters. The number of hydrogen-bond donors (Lipinski definition) is 3. The van der Waals surface area contributed by atoms with Crippen molar-refractivity contribution in [2.75, 3.05) is 16.0 Å². The summed E-state index contributed by atoms with van der Waals surface area (Å²) in [5.41, 5.74) is 2.96. The van der Waals surface area contributed by atoms with Crippen molar-refractivity contribution in [2.24, 2.45) is 0 Å². The second kappa shape index (κ2) is 10.6. The Hall–Kier alpha value is -3.52. The number of carbonyl (C=O) groups is 1. The van der Waals surface area contributed by atoms with Gasteiger partial charge in [-0.25, -0.2) is 0 Å². The third-order valence-corrected chi connectivity index (χ3v) is 5.37. The second-order valence-electron chi connectivity index (χ2n) is 7.27. The summed E-state index contributed by atoms with van der Waals surface area (Å²) in [6.07, 6.45) is 1.89. The molecular weight excluding hydrogens is 491 g/mol. The van der Waals surface area contributed by atoms with Crippen molar-refractivity contribution < 1.29 is 9.53 Å². The van der Waals surface area contributed by atoms with Gasteiger partial charge in [0.2, 0.25) is 11.8 Å². The summed E-state index contributed by atoms with van der Waals surface area (Å²) < 4.78 is 7.94. The monoisotopic (exact) mass is 510 g/mol. The zero-order chi connectivity index (χ0) is 24.1. The highest BCUT2D eigenvalue weighted by atomic mass is 35.5. The second-order valence-corrected chi connectivity index (χ2v) is 8.55. The van der Waals surface area contributed by atoms with E-state index in [0.717, 1.165) is 11.4 Å². The highest BCUT2D eigenvalue weighted by molar-refractivity contribution is 7.80. The fourth-order valence-electron chi connectivity index (χ4n) is 3.21. The zero-order valence-corrected chi connectivity index (χ0v) is 20.3. The average molecular weight is 511 g/mol. The minimum Gasteiger partial charge on any atom is -0.440 e. The van der Waals surface area contributed by atoms with Crippen molar-refractivity contribution in [3.63, 3.8) is 0 Å². The molecule has 0 spiro atoms. The summed E-state index contributed by atoms with van der Waals surface area (Å²) in [6, 6.07) is 23.6. The lowest BCUT2D eigenvalue weighted by atomic mass is 10.2. The quantitative estimate of drug-likeness (QED) is 0.236. The normalized spacial score (nSPS) is 10.4. The summed E-state index contributed by atoms with van der Waals surface area (Å²) in [7, 11) is 0. The molecule has 4 aromatic rings. The first kappa shape index (κ1) is 23.6. The van der Waals surface area contributed by atoms with Crippen LogP contribution in [-0.4, -0.2) is 15.6 Å². The fourth-order valence-corrected chi connectivity index (χ4v) is 3.74. The topological polar surface area (TPSA) is 67.3 Å². The molecule has 1 amide bonds. The smallest absolute Gasteiger partial charge is 0.221 e. The molecule has 1 heterocycles. The zero-order valence-electron chi connectivity index (χ0n) is 18.0. The van der Waals surface area contributed by atoms with Crippen LogP contribution in [0.2, 0.25) is 10.0 Å². The summed E-state index contributed by atoms with van der Waals surface area (Å²) in [4.78, 5) is 11.2. The van der Waals surface area contributed by atoms with E-state index in [1.165, 1.54) is 6.92 Å². The SMILES string of the molecule is CC(=O)Nc1ccc(NC(=S)Nc2cc(Cl)ccc2-n2cccc2Oc2ccc(Cl)cc2)cc1. The Bertz CT molecular complexity index is 1320. The molecule has 0 bridgehead atoms. The van der Waals surface area contributed by atoms with Crippen molar-refractivity contribution in [2.45, 2.75) is 6.92 Å². The minimum absolute atomic E-state index is 0.129. The van der Waals surface area contributed by atoms with Crippen LogP contribution < -0.4 is 20.7 Å². The summed E-state index contributed by atoms with van der Waals surface area (Å²) >= 11 is 17.8. The van der Waals surface area contributed by atoms with Crippen LogP contribution in [0.25, 0.3) is 5.69 Å². The first-order chi connectivity index (χ1) is 16.4. The van der Waals surface area contributed by atoms with Crippen molar-refractivity contribution in [3.05, 3.63) is 95.1 Å². The maximum atomic E-state index is 11.2. The lowest BCUT2D eigenvalue weighted by Crippen LogP contribution is -2.20. The van der Waals surface area contributed by atoms with Crippen molar-refractivity contribution in [3.8, 4) is 17.3 Å². The number of amides is 1. The molecule has 172 valence electrons. The Morgan fingerprint density at radius 2 is 1.50 bits per heavy atom. The van der Waals surface area contributed by atoms with E-state index in [1.807, 2.05) is 41.1 Å². The Balaban J connectivity index is 1.53. The van der Waals surface area contributed by atoms with E-state index < -0.39 is 0 Å². The first-order valence-corrected chi connectivity index (χ1v) is 11.4. The van der Waals surface area contributed by atoms with Gasteiger partial charge in [-0.15, -0.1) is 0 Å². The van der Waals surface area contributed by atoms with Gasteiger partial charge in [0.1, 0.15) is 5.75 Å². The van der Waals surface area contributed by atoms with Crippen LogP contribution in [0.4, 0.5) is 17.1 Å². The average Bonchev–Trinajstić information content (AvgIpc) is 3.24. The summed E-state index contributed by atoms with van der Waals surface area (Å²) in [6.45, 7) is 1.46. The van der Waals surface area contributed by atoms with Gasteiger partial charge in [-0.3, -0.25) is 9.36 Å². The molecule has 0 radical (unpaired) electrons. The first-order valence-electron chi connectivity index (χ1n) is 10.2. The third-order valence-electron chi connectivity index (χ3n) is 4.68. The lowest BCUT2D eigenvalue weighted by molar-refractivity contribution is -0.114. The minimum atomic E-state index is -0.129. The molecule has 0 unspecified atom stereocenters. The van der Waals surface area contributed by atoms with Crippen molar-refractivity contribution >= 4 is 63.5 Å². The molecule has 0 saturated carbocycles. The number of benzene rings is 3. The van der Waals surface area contributed by atoms with Crippen LogP contribution in [0.1, 0.15) is 6.92 Å². The van der Waals surface area contributed by atoms with Gasteiger partial charge in [0.25, 0.3) is 0 Å². The van der Waals surface area contributed by atoms with Gasteiger partial charge in [0.05, 0.1) is 11.4 Å². The molecule has 0 aliphatic heterocycles. The number of halogens is 2. The Labute approximate surface area is 212 Å². The number of anilines is 3. The fraction of sp³-hybridized carbons (Fsp3) is 0.0400. The maximum absolute atomic E-state index is 11.2. The number of aromatic nitrogens is 1. The standard InChI is InChI=1S/C25H20Cl2N4O2S/c1-16(32)28-19-7-9-20(10-8-19)29-25(34)30-22-15-18(27)6-13-23(22)31-14-2-3-24(31)33-21-11-4-17(26)5-12-21/h2-15H,1H3,(H,28,32)(H2,29,30,34). The predicted octanol–water partition coefficient (Wildman–Crippen LogP) is 7.34. The van der Waals surface area contributed by atoms with E-state index >= 15 is 0 Å². The number of thiocarbonyl (C=S) groups is 1. The molecule has 34 heavy (non-hydrogen) atoms. The summed E-state index contributed by atoms with van der Waals surface area (Å²) in [5, 5.41) is 10.6. The van der Waals surface area contributed by atoms with Gasteiger partial charge in [-0.2, -0.15) is 0 Å². The molecule has 0 saturated heterocycles. The molecule has 1 aromatic heterocycles. The van der Waals surface area contributed by atoms with E-state index in [2.05, 4.69) is 16.0 Å². The van der Waals surface area contributed by atoms with Crippen LogP contribution in [0, 0.1) is 0 Å². The van der Waals surface area contributed by atoms with E-state index in [0.29, 0.717) is 38.2 Å². The molecular formula is C25H20Cl2N4O2S. The van der Waals surface area contributed by atoms with E-state index in [9.17, 15) is 4.79 Å². The number of nitrogens with one attached hydrogen (secondary N) is 3. The van der Waals surface area contributed by atoms with Crippen LogP contribution in [0.15, 0.2) is 85.1 Å². The van der Waals surface area contributed by atoms with Crippen LogP contribution >= 0.6 is 35.4 Å². The van der Waals surface area contributed by atoms with Crippen LogP contribution in [0.5, 0.6) is 11.6 Å². The molecule has 3 aromatic carbocycles. The number of hydrogen-bond acceptors (Lipinski definition) is 3. The molecule has 4 rings (SSSR count). The van der Waals surface area contributed by atoms with Gasteiger partial charge < -0.3 is 20.7 Å². The molecule has 0 fully saturated rings. The highest BCUT2D eigenvalue weighted by Crippen LogP contribution is 2.31. The Kier molecular flexibility index (Phi) is 7.37. The van der Waals surface area contributed by atoms with E-state index in [1.54, 1.807) is 48.5 Å². The van der Waals surface area contributed by atoms with Gasteiger partial charge in [-0.05, 0) is 85.0 Å². The Morgan fingerprint density at radius 3 is 2.18 bits per heavy atom. The van der Waals surface area contributed by atoms with E-state index in [4.69, 9.17) is 40.2 Å². The van der Waals surface area contributed by atoms with Crippen LogP contribution in [0.3, 0.4) is 0 Å². The van der Waals surface area contributed by atoms with E-state index in [-0.39, 0.29) is 5.91 Å². The number of nitrogens with zero attached hydrogens (tertiary/aromatic N) is 1. The molecule has 3 N–H and O–H groups in total. The van der Waals surface area contributed by atoms with Gasteiger partial charge in [0.15, 0.2) is 5.11 Å². The molecule has 0 aliphatic carbocycles. The predicted molar refractivity (Wildman–Crippen MR) is 143 cm³/mol. The highest BCUT2D eigenvalue weighted by Gasteiger charge is 2.12. The molecule has 6 nitrogen and oxygen atoms in total. The lowest BCUT2D eigenvalue weighted by Gasteiger charge is -2.17. The van der Waals surface area contributed by atoms with Crippen molar-refractivity contribution in [1.29, 1.82) is 0 Å². The van der Waals surface area contributed by atoms with Gasteiger partial charge >= 0.3 is 0 Å². The third kappa shape index (κ3) is 6.08. The number of ether oxygens (including phenoxy) is 1. The number of carbonyl (C=O) groups excluding carboxylic acids is 1. The molecule has 0 aliphatic rings. The van der Waals surface area contributed by atoms with Crippen molar-refractivity contribution in [1.82, 2.24) is 4.57 Å². The van der Waals surface area contributed by atoms with Crippen LogP contribution in [-0.2, 0) is 4.79 Å². The van der Waals surface area contributed by atoms with Gasteiger partial charge in [-0.1, -0.05) is 23.2 Å². The Morgan fingerprint density at radius 1 is 0.853 bits per heavy atom. The maximum Gasteiger partial charge on any atom is 0.221 e. The molecule has 9 heteroatoms. The largest absolute Gasteiger partial charge is 0.440 e. The van der Waals surface area contributed by atoms with Gasteiger partial charge in [0, 0.05) is 40.6 Å². The summed E-state index contributed by atoms with van der Waals surface area (Å²) in [5.74, 6) is 1.14. The number of rotatable bonds is 6.